The van der Waals surface area contributed by atoms with Gasteiger partial charge in [0.2, 0.25) is 0 Å². The molecule has 0 amide bonds. The van der Waals surface area contributed by atoms with E-state index in [1.807, 2.05) is 29.7 Å². The molecule has 0 radical (unpaired) electrons. The van der Waals surface area contributed by atoms with Gasteiger partial charge in [-0.1, -0.05) is 12.1 Å². The summed E-state index contributed by atoms with van der Waals surface area (Å²) in [6, 6.07) is 7.65. The van der Waals surface area contributed by atoms with E-state index in [4.69, 9.17) is 5.73 Å². The SMILES string of the molecule is Nc1cccc(C2NC(C=O)=CS2)c1. The number of thioether (sulfide) groups is 1. The Bertz CT molecular complexity index is 389. The lowest BCUT2D eigenvalue weighted by molar-refractivity contribution is -0.105. The van der Waals surface area contributed by atoms with Crippen molar-refractivity contribution in [1.82, 2.24) is 5.32 Å². The second kappa shape index (κ2) is 3.75. The normalized spacial score (nSPS) is 20.0. The molecular weight excluding hydrogens is 196 g/mol. The number of hydrogen-bond donors (Lipinski definition) is 2. The van der Waals surface area contributed by atoms with E-state index in [1.165, 1.54) is 0 Å². The molecule has 0 aliphatic carbocycles. The number of carbonyl (C=O) groups excluding carboxylic acids is 1. The van der Waals surface area contributed by atoms with Crippen LogP contribution in [0.5, 0.6) is 0 Å². The van der Waals surface area contributed by atoms with Crippen LogP contribution >= 0.6 is 11.8 Å². The fourth-order valence-corrected chi connectivity index (χ4v) is 2.22. The molecule has 0 aromatic heterocycles. The number of benzene rings is 1. The standard InChI is InChI=1S/C10H10N2OS/c11-8-3-1-2-7(4-8)10-12-9(5-13)6-14-10/h1-6,10,12H,11H2. The lowest BCUT2D eigenvalue weighted by atomic mass is 10.2. The fraction of sp³-hybridized carbons (Fsp3) is 0.100. The lowest BCUT2D eigenvalue weighted by Gasteiger charge is -2.11. The minimum atomic E-state index is 0.110. The minimum absolute atomic E-state index is 0.110. The average Bonchev–Trinajstić information content (AvgIpc) is 2.66. The zero-order valence-corrected chi connectivity index (χ0v) is 8.25. The molecule has 2 rings (SSSR count). The minimum Gasteiger partial charge on any atom is -0.399 e. The average molecular weight is 206 g/mol. The summed E-state index contributed by atoms with van der Waals surface area (Å²) in [6.07, 6.45) is 0.819. The Kier molecular flexibility index (Phi) is 2.45. The maximum absolute atomic E-state index is 10.5. The molecule has 1 aromatic rings. The van der Waals surface area contributed by atoms with Crippen LogP contribution in [0, 0.1) is 0 Å². The Morgan fingerprint density at radius 3 is 3.00 bits per heavy atom. The Morgan fingerprint density at radius 1 is 1.50 bits per heavy atom. The molecule has 1 atom stereocenters. The van der Waals surface area contributed by atoms with Gasteiger partial charge in [-0.05, 0) is 23.1 Å². The third-order valence-corrected chi connectivity index (χ3v) is 3.02. The Hall–Kier alpha value is -1.42. The van der Waals surface area contributed by atoms with Gasteiger partial charge in [0.15, 0.2) is 6.29 Å². The predicted molar refractivity (Wildman–Crippen MR) is 58.5 cm³/mol. The highest BCUT2D eigenvalue weighted by atomic mass is 32.2. The third kappa shape index (κ3) is 1.75. The molecule has 4 heteroatoms. The predicted octanol–water partition coefficient (Wildman–Crippen LogP) is 1.64. The zero-order chi connectivity index (χ0) is 9.97. The smallest absolute Gasteiger partial charge is 0.166 e. The summed E-state index contributed by atoms with van der Waals surface area (Å²) in [5.41, 5.74) is 8.12. The van der Waals surface area contributed by atoms with Crippen molar-refractivity contribution in [3.05, 3.63) is 40.9 Å². The van der Waals surface area contributed by atoms with Crippen LogP contribution in [-0.2, 0) is 4.79 Å². The van der Waals surface area contributed by atoms with Crippen molar-refractivity contribution in [1.29, 1.82) is 0 Å². The van der Waals surface area contributed by atoms with Crippen LogP contribution in [0.25, 0.3) is 0 Å². The number of anilines is 1. The highest BCUT2D eigenvalue weighted by Gasteiger charge is 2.17. The van der Waals surface area contributed by atoms with Crippen LogP contribution < -0.4 is 11.1 Å². The van der Waals surface area contributed by atoms with Crippen molar-refractivity contribution in [3.63, 3.8) is 0 Å². The summed E-state index contributed by atoms with van der Waals surface area (Å²) in [4.78, 5) is 10.5. The quantitative estimate of drug-likeness (QED) is 0.570. The summed E-state index contributed by atoms with van der Waals surface area (Å²) in [5, 5.41) is 5.01. The van der Waals surface area contributed by atoms with Crippen molar-refractivity contribution in [2.75, 3.05) is 5.73 Å². The first-order valence-electron chi connectivity index (χ1n) is 4.22. The van der Waals surface area contributed by atoms with Crippen molar-refractivity contribution in [3.8, 4) is 0 Å². The molecular formula is C10H10N2OS. The van der Waals surface area contributed by atoms with Gasteiger partial charge >= 0.3 is 0 Å². The monoisotopic (exact) mass is 206 g/mol. The van der Waals surface area contributed by atoms with Crippen LogP contribution in [0.2, 0.25) is 0 Å². The van der Waals surface area contributed by atoms with Gasteiger partial charge in [0.1, 0.15) is 5.37 Å². The summed E-state index contributed by atoms with van der Waals surface area (Å²) in [6.45, 7) is 0. The number of aldehydes is 1. The van der Waals surface area contributed by atoms with Crippen LogP contribution in [-0.4, -0.2) is 6.29 Å². The fourth-order valence-electron chi connectivity index (χ4n) is 1.31. The van der Waals surface area contributed by atoms with Crippen LogP contribution in [0.15, 0.2) is 35.4 Å². The van der Waals surface area contributed by atoms with Crippen molar-refractivity contribution in [2.24, 2.45) is 0 Å². The maximum atomic E-state index is 10.5. The molecule has 72 valence electrons. The van der Waals surface area contributed by atoms with E-state index in [9.17, 15) is 4.79 Å². The largest absolute Gasteiger partial charge is 0.399 e. The molecule has 14 heavy (non-hydrogen) atoms. The van der Waals surface area contributed by atoms with E-state index in [2.05, 4.69) is 5.32 Å². The van der Waals surface area contributed by atoms with Gasteiger partial charge < -0.3 is 11.1 Å². The second-order valence-corrected chi connectivity index (χ2v) is 4.00. The first kappa shape index (κ1) is 9.15. The van der Waals surface area contributed by atoms with Gasteiger partial charge in [0, 0.05) is 5.69 Å². The molecule has 0 bridgehead atoms. The van der Waals surface area contributed by atoms with Gasteiger partial charge in [-0.3, -0.25) is 4.79 Å². The van der Waals surface area contributed by atoms with Crippen molar-refractivity contribution >= 4 is 23.7 Å². The molecule has 0 saturated carbocycles. The van der Waals surface area contributed by atoms with E-state index in [-0.39, 0.29) is 5.37 Å². The highest BCUT2D eigenvalue weighted by molar-refractivity contribution is 8.02. The van der Waals surface area contributed by atoms with Gasteiger partial charge in [0.25, 0.3) is 0 Å². The van der Waals surface area contributed by atoms with E-state index in [0.29, 0.717) is 5.70 Å². The summed E-state index contributed by atoms with van der Waals surface area (Å²) >= 11 is 1.58. The maximum Gasteiger partial charge on any atom is 0.166 e. The third-order valence-electron chi connectivity index (χ3n) is 1.97. The second-order valence-electron chi connectivity index (χ2n) is 3.02. The van der Waals surface area contributed by atoms with Crippen LogP contribution in [0.3, 0.4) is 0 Å². The number of allylic oxidation sites excluding steroid dienone is 1. The Balaban J connectivity index is 2.15. The van der Waals surface area contributed by atoms with Crippen LogP contribution in [0.4, 0.5) is 5.69 Å². The molecule has 0 fully saturated rings. The molecule has 0 saturated heterocycles. The van der Waals surface area contributed by atoms with E-state index >= 15 is 0 Å². The number of nitrogens with two attached hydrogens (primary N) is 1. The molecule has 0 spiro atoms. The molecule has 1 aromatic carbocycles. The summed E-state index contributed by atoms with van der Waals surface area (Å²) in [7, 11) is 0. The van der Waals surface area contributed by atoms with Crippen molar-refractivity contribution < 1.29 is 4.79 Å². The first-order chi connectivity index (χ1) is 6.79. The number of carbonyl (C=O) groups is 1. The van der Waals surface area contributed by atoms with E-state index in [1.54, 1.807) is 11.8 Å². The van der Waals surface area contributed by atoms with Crippen molar-refractivity contribution in [2.45, 2.75) is 5.37 Å². The number of hydrogen-bond acceptors (Lipinski definition) is 4. The molecule has 1 aliphatic heterocycles. The van der Waals surface area contributed by atoms with Crippen LogP contribution in [0.1, 0.15) is 10.9 Å². The molecule has 3 N–H and O–H groups in total. The topological polar surface area (TPSA) is 55.1 Å². The molecule has 1 aliphatic rings. The first-order valence-corrected chi connectivity index (χ1v) is 5.16. The zero-order valence-electron chi connectivity index (χ0n) is 7.44. The molecule has 3 nitrogen and oxygen atoms in total. The van der Waals surface area contributed by atoms with Gasteiger partial charge in [-0.15, -0.1) is 11.8 Å². The lowest BCUT2D eigenvalue weighted by Crippen LogP contribution is -2.13. The number of rotatable bonds is 2. The number of nitrogen functional groups attached to an aromatic ring is 1. The Morgan fingerprint density at radius 2 is 2.36 bits per heavy atom. The highest BCUT2D eigenvalue weighted by Crippen LogP contribution is 2.33. The Labute approximate surface area is 86.4 Å². The molecule has 1 unspecified atom stereocenters. The molecule has 1 heterocycles. The van der Waals surface area contributed by atoms with E-state index in [0.717, 1.165) is 17.5 Å². The summed E-state index contributed by atoms with van der Waals surface area (Å²) < 4.78 is 0. The van der Waals surface area contributed by atoms with Gasteiger partial charge in [-0.25, -0.2) is 0 Å². The van der Waals surface area contributed by atoms with E-state index < -0.39 is 0 Å². The number of nitrogens with one attached hydrogen (secondary N) is 1. The van der Waals surface area contributed by atoms with Gasteiger partial charge in [0.05, 0.1) is 5.70 Å². The van der Waals surface area contributed by atoms with Gasteiger partial charge in [-0.2, -0.15) is 0 Å². The summed E-state index contributed by atoms with van der Waals surface area (Å²) in [5.74, 6) is 0.